The molecule has 3 N–H and O–H groups in total. The van der Waals surface area contributed by atoms with Gasteiger partial charge >= 0.3 is 0 Å². The molecule has 1 aliphatic rings. The lowest BCUT2D eigenvalue weighted by Gasteiger charge is -2.30. The molecule has 1 aliphatic heterocycles. The Kier molecular flexibility index (Phi) is 6.23. The Hall–Kier alpha value is -3.32. The van der Waals surface area contributed by atoms with Gasteiger partial charge in [-0.3, -0.25) is 9.78 Å². The lowest BCUT2D eigenvalue weighted by atomic mass is 10.1. The average Bonchev–Trinajstić information content (AvgIpc) is 2.80. The van der Waals surface area contributed by atoms with Crippen LogP contribution in [0, 0.1) is 0 Å². The third-order valence-corrected chi connectivity index (χ3v) is 5.50. The quantitative estimate of drug-likeness (QED) is 0.603. The van der Waals surface area contributed by atoms with Crippen molar-refractivity contribution in [2.24, 2.45) is 5.73 Å². The second kappa shape index (κ2) is 9.22. The summed E-state index contributed by atoms with van der Waals surface area (Å²) < 4.78 is 11.4. The predicted octanol–water partition coefficient (Wildman–Crippen LogP) is 3.88. The molecule has 7 nitrogen and oxygen atoms in total. The van der Waals surface area contributed by atoms with E-state index in [1.54, 1.807) is 0 Å². The van der Waals surface area contributed by atoms with Crippen LogP contribution >= 0.6 is 0 Å². The van der Waals surface area contributed by atoms with E-state index in [9.17, 15) is 4.79 Å². The number of ether oxygens (including phenoxy) is 2. The highest BCUT2D eigenvalue weighted by Crippen LogP contribution is 2.38. The summed E-state index contributed by atoms with van der Waals surface area (Å²) in [4.78, 5) is 18.9. The largest absolute Gasteiger partial charge is 0.492 e. The molecule has 1 saturated heterocycles. The highest BCUT2D eigenvalue weighted by atomic mass is 16.5. The fourth-order valence-corrected chi connectivity index (χ4v) is 3.82. The zero-order chi connectivity index (χ0) is 21.8. The molecule has 3 aromatic rings. The number of nitrogens with one attached hydrogen (secondary N) is 1. The Morgan fingerprint density at radius 3 is 2.58 bits per heavy atom. The molecular weight excluding hydrogens is 392 g/mol. The van der Waals surface area contributed by atoms with Crippen molar-refractivity contribution in [1.29, 1.82) is 0 Å². The van der Waals surface area contributed by atoms with Gasteiger partial charge in [0.2, 0.25) is 0 Å². The van der Waals surface area contributed by atoms with Gasteiger partial charge in [-0.1, -0.05) is 19.1 Å². The van der Waals surface area contributed by atoms with E-state index in [2.05, 4.69) is 34.3 Å². The summed E-state index contributed by atoms with van der Waals surface area (Å²) in [6.45, 7) is 7.51. The average molecular weight is 421 g/mol. The number of aryl methyl sites for hydroxylation is 1. The number of rotatable bonds is 7. The van der Waals surface area contributed by atoms with E-state index < -0.39 is 5.91 Å². The lowest BCUT2D eigenvalue weighted by molar-refractivity contribution is 0.100. The highest BCUT2D eigenvalue weighted by Gasteiger charge is 2.20. The summed E-state index contributed by atoms with van der Waals surface area (Å²) in [6, 6.07) is 12.1. The number of benzene rings is 2. The smallest absolute Gasteiger partial charge is 0.252 e. The van der Waals surface area contributed by atoms with Crippen LogP contribution in [-0.2, 0) is 11.2 Å². The molecule has 0 bridgehead atoms. The molecule has 0 atom stereocenters. The summed E-state index contributed by atoms with van der Waals surface area (Å²) in [5.74, 6) is 0.248. The van der Waals surface area contributed by atoms with E-state index in [4.69, 9.17) is 15.2 Å². The molecule has 1 fully saturated rings. The molecule has 162 valence electrons. The van der Waals surface area contributed by atoms with E-state index in [1.165, 1.54) is 11.8 Å². The topological polar surface area (TPSA) is 89.7 Å². The van der Waals surface area contributed by atoms with Gasteiger partial charge < -0.3 is 25.4 Å². The molecule has 2 heterocycles. The maximum absolute atomic E-state index is 12.2. The van der Waals surface area contributed by atoms with Crippen molar-refractivity contribution in [2.75, 3.05) is 43.1 Å². The molecule has 0 unspecified atom stereocenters. The number of anilines is 3. The fraction of sp³-hybridized carbons (Fsp3) is 0.333. The maximum Gasteiger partial charge on any atom is 0.252 e. The first-order chi connectivity index (χ1) is 15.1. The minimum absolute atomic E-state index is 0.351. The van der Waals surface area contributed by atoms with E-state index in [0.717, 1.165) is 47.5 Å². The Bertz CT molecular complexity index is 1080. The molecule has 31 heavy (non-hydrogen) atoms. The molecule has 7 heteroatoms. The minimum atomic E-state index is -0.524. The van der Waals surface area contributed by atoms with Crippen molar-refractivity contribution < 1.29 is 14.3 Å². The summed E-state index contributed by atoms with van der Waals surface area (Å²) >= 11 is 0. The highest BCUT2D eigenvalue weighted by molar-refractivity contribution is 6.08. The van der Waals surface area contributed by atoms with Crippen LogP contribution in [0.2, 0.25) is 0 Å². The van der Waals surface area contributed by atoms with Crippen LogP contribution in [0.25, 0.3) is 10.9 Å². The molecule has 0 radical (unpaired) electrons. The van der Waals surface area contributed by atoms with Gasteiger partial charge in [-0.05, 0) is 37.1 Å². The van der Waals surface area contributed by atoms with Gasteiger partial charge in [0.25, 0.3) is 5.91 Å². The van der Waals surface area contributed by atoms with Crippen LogP contribution in [0.4, 0.5) is 17.1 Å². The molecule has 2 aromatic carbocycles. The predicted molar refractivity (Wildman–Crippen MR) is 124 cm³/mol. The van der Waals surface area contributed by atoms with Gasteiger partial charge in [-0.2, -0.15) is 0 Å². The Morgan fingerprint density at radius 2 is 1.94 bits per heavy atom. The number of nitrogens with two attached hydrogens (primary N) is 1. The number of fused-ring (bicyclic) bond motifs is 1. The summed E-state index contributed by atoms with van der Waals surface area (Å²) in [6.07, 6.45) is 2.49. The molecule has 0 aliphatic carbocycles. The first-order valence-corrected chi connectivity index (χ1v) is 10.7. The van der Waals surface area contributed by atoms with Crippen LogP contribution < -0.4 is 20.7 Å². The lowest BCUT2D eigenvalue weighted by Crippen LogP contribution is -2.36. The monoisotopic (exact) mass is 420 g/mol. The van der Waals surface area contributed by atoms with Crippen molar-refractivity contribution in [1.82, 2.24) is 4.98 Å². The number of hydrogen-bond acceptors (Lipinski definition) is 6. The Morgan fingerprint density at radius 1 is 1.19 bits per heavy atom. The van der Waals surface area contributed by atoms with E-state index in [-0.39, 0.29) is 0 Å². The number of carbonyl (C=O) groups excluding carboxylic acids is 1. The number of morpholine rings is 1. The van der Waals surface area contributed by atoms with E-state index >= 15 is 0 Å². The molecule has 4 rings (SSSR count). The van der Waals surface area contributed by atoms with E-state index in [1.807, 2.05) is 31.2 Å². The standard InChI is InChI=1S/C24H28N4O3/c1-3-16-5-7-17(8-6-16)27-23-18-13-21(28-9-11-30-12-10-28)22(31-4-2)14-20(18)26-15-19(23)24(25)29/h5-8,13-15H,3-4,9-12H2,1-2H3,(H2,25,29)(H,26,27). The number of hydrogen-bond donors (Lipinski definition) is 2. The van der Waals surface area contributed by atoms with Gasteiger partial charge in [-0.15, -0.1) is 0 Å². The maximum atomic E-state index is 12.2. The number of amides is 1. The Labute approximate surface area is 182 Å². The van der Waals surface area contributed by atoms with Crippen molar-refractivity contribution in [3.05, 3.63) is 53.7 Å². The summed E-state index contributed by atoms with van der Waals surface area (Å²) in [5.41, 5.74) is 10.5. The number of carbonyl (C=O) groups is 1. The zero-order valence-corrected chi connectivity index (χ0v) is 18.0. The Balaban J connectivity index is 1.86. The summed E-state index contributed by atoms with van der Waals surface area (Å²) in [7, 11) is 0. The van der Waals surface area contributed by atoms with Crippen LogP contribution in [-0.4, -0.2) is 43.8 Å². The first kappa shape index (κ1) is 20.9. The van der Waals surface area contributed by atoms with E-state index in [0.29, 0.717) is 31.1 Å². The van der Waals surface area contributed by atoms with Gasteiger partial charge in [0.15, 0.2) is 0 Å². The molecule has 0 saturated carbocycles. The van der Waals surface area contributed by atoms with Crippen molar-refractivity contribution in [2.45, 2.75) is 20.3 Å². The number of pyridine rings is 1. The second-order valence-electron chi connectivity index (χ2n) is 7.46. The van der Waals surface area contributed by atoms with Gasteiger partial charge in [0, 0.05) is 36.4 Å². The number of nitrogens with zero attached hydrogens (tertiary/aromatic N) is 2. The van der Waals surface area contributed by atoms with Crippen LogP contribution in [0.15, 0.2) is 42.6 Å². The number of primary amides is 1. The van der Waals surface area contributed by atoms with Crippen LogP contribution in [0.1, 0.15) is 29.8 Å². The summed E-state index contributed by atoms with van der Waals surface area (Å²) in [5, 5.41) is 4.23. The van der Waals surface area contributed by atoms with Gasteiger partial charge in [0.1, 0.15) is 5.75 Å². The minimum Gasteiger partial charge on any atom is -0.492 e. The molecule has 1 amide bonds. The SMILES string of the molecule is CCOc1cc2ncc(C(N)=O)c(Nc3ccc(CC)cc3)c2cc1N1CCOCC1. The third-order valence-electron chi connectivity index (χ3n) is 5.50. The van der Waals surface area contributed by atoms with Crippen LogP contribution in [0.5, 0.6) is 5.75 Å². The molecular formula is C24H28N4O3. The third kappa shape index (κ3) is 4.41. The van der Waals surface area contributed by atoms with Crippen molar-refractivity contribution in [3.8, 4) is 5.75 Å². The number of aromatic nitrogens is 1. The second-order valence-corrected chi connectivity index (χ2v) is 7.46. The zero-order valence-electron chi connectivity index (χ0n) is 18.0. The normalized spacial score (nSPS) is 13.9. The van der Waals surface area contributed by atoms with Crippen molar-refractivity contribution in [3.63, 3.8) is 0 Å². The molecule has 0 spiro atoms. The first-order valence-electron chi connectivity index (χ1n) is 10.7. The van der Waals surface area contributed by atoms with Gasteiger partial charge in [0.05, 0.1) is 42.3 Å². The fourth-order valence-electron chi connectivity index (χ4n) is 3.82. The van der Waals surface area contributed by atoms with Crippen LogP contribution in [0.3, 0.4) is 0 Å². The van der Waals surface area contributed by atoms with Gasteiger partial charge in [-0.25, -0.2) is 0 Å². The molecule has 1 aromatic heterocycles. The van der Waals surface area contributed by atoms with Crippen molar-refractivity contribution >= 4 is 33.9 Å².